The molecule has 33 heavy (non-hydrogen) atoms. The molecule has 0 heterocycles. The first-order valence-electron chi connectivity index (χ1n) is 11.6. The van der Waals surface area contributed by atoms with Gasteiger partial charge in [0.2, 0.25) is 15.9 Å². The molecule has 3 N–H and O–H groups in total. The molecule has 1 atom stereocenters. The van der Waals surface area contributed by atoms with E-state index in [4.69, 9.17) is 0 Å². The Labute approximate surface area is 196 Å². The molecule has 3 amide bonds. The van der Waals surface area contributed by atoms with Crippen molar-refractivity contribution in [2.75, 3.05) is 13.1 Å². The van der Waals surface area contributed by atoms with E-state index >= 15 is 0 Å². The number of carbonyl (C=O) groups excluding carboxylic acids is 3. The number of carbonyl (C=O) groups is 3. The summed E-state index contributed by atoms with van der Waals surface area (Å²) in [4.78, 5) is 37.8. The smallest absolute Gasteiger partial charge is 0.269 e. The SMILES string of the molecule is CCN(CC)S(=O)(=O)c1cccc(C(=O)NNC(=O)C(NC(=O)C2CCCCC2)C(C)C)c1. The number of amides is 3. The molecule has 0 saturated heterocycles. The van der Waals surface area contributed by atoms with E-state index in [2.05, 4.69) is 16.2 Å². The molecule has 1 fully saturated rings. The molecule has 0 radical (unpaired) electrons. The van der Waals surface area contributed by atoms with Gasteiger partial charge in [-0.05, 0) is 37.0 Å². The van der Waals surface area contributed by atoms with Crippen LogP contribution in [0.2, 0.25) is 0 Å². The first kappa shape index (κ1) is 26.8. The van der Waals surface area contributed by atoms with E-state index in [1.807, 2.05) is 13.8 Å². The summed E-state index contributed by atoms with van der Waals surface area (Å²) in [6, 6.07) is 4.86. The first-order valence-corrected chi connectivity index (χ1v) is 13.1. The van der Waals surface area contributed by atoms with Crippen LogP contribution >= 0.6 is 0 Å². The lowest BCUT2D eigenvalue weighted by Crippen LogP contribution is -2.55. The molecule has 2 rings (SSSR count). The van der Waals surface area contributed by atoms with Crippen LogP contribution in [0.25, 0.3) is 0 Å². The van der Waals surface area contributed by atoms with Crippen molar-refractivity contribution in [1.82, 2.24) is 20.5 Å². The number of nitrogens with zero attached hydrogens (tertiary/aromatic N) is 1. The van der Waals surface area contributed by atoms with E-state index in [9.17, 15) is 22.8 Å². The van der Waals surface area contributed by atoms with Gasteiger partial charge in [0, 0.05) is 24.6 Å². The third-order valence-corrected chi connectivity index (χ3v) is 8.01. The Kier molecular flexibility index (Phi) is 9.85. The van der Waals surface area contributed by atoms with E-state index in [1.54, 1.807) is 13.8 Å². The maximum Gasteiger partial charge on any atom is 0.269 e. The second kappa shape index (κ2) is 12.1. The summed E-state index contributed by atoms with van der Waals surface area (Å²) in [5.74, 6) is -1.59. The lowest BCUT2D eigenvalue weighted by atomic mass is 9.88. The normalized spacial score (nSPS) is 15.8. The van der Waals surface area contributed by atoms with E-state index in [-0.39, 0.29) is 28.2 Å². The Morgan fingerprint density at radius 3 is 2.24 bits per heavy atom. The predicted octanol–water partition coefficient (Wildman–Crippen LogP) is 2.20. The quantitative estimate of drug-likeness (QED) is 0.467. The van der Waals surface area contributed by atoms with Crippen molar-refractivity contribution in [3.8, 4) is 0 Å². The Bertz CT molecular complexity index is 938. The number of nitrogens with one attached hydrogen (secondary N) is 3. The number of rotatable bonds is 9. The maximum atomic E-state index is 12.7. The lowest BCUT2D eigenvalue weighted by molar-refractivity contribution is -0.133. The van der Waals surface area contributed by atoms with Crippen molar-refractivity contribution in [2.24, 2.45) is 11.8 Å². The molecule has 9 nitrogen and oxygen atoms in total. The summed E-state index contributed by atoms with van der Waals surface area (Å²) >= 11 is 0. The van der Waals surface area contributed by atoms with Crippen LogP contribution in [0.5, 0.6) is 0 Å². The highest BCUT2D eigenvalue weighted by atomic mass is 32.2. The highest BCUT2D eigenvalue weighted by Gasteiger charge is 2.29. The Morgan fingerprint density at radius 1 is 1.03 bits per heavy atom. The zero-order valence-electron chi connectivity index (χ0n) is 19.9. The van der Waals surface area contributed by atoms with Gasteiger partial charge in [0.1, 0.15) is 6.04 Å². The number of sulfonamides is 1. The number of hydrogen-bond acceptors (Lipinski definition) is 5. The van der Waals surface area contributed by atoms with Crippen LogP contribution in [-0.2, 0) is 19.6 Å². The summed E-state index contributed by atoms with van der Waals surface area (Å²) in [5, 5.41) is 2.82. The van der Waals surface area contributed by atoms with Crippen LogP contribution in [0.15, 0.2) is 29.2 Å². The van der Waals surface area contributed by atoms with Crippen molar-refractivity contribution in [2.45, 2.75) is 70.7 Å². The van der Waals surface area contributed by atoms with Crippen LogP contribution in [0.4, 0.5) is 0 Å². The van der Waals surface area contributed by atoms with Gasteiger partial charge in [-0.1, -0.05) is 53.0 Å². The van der Waals surface area contributed by atoms with E-state index in [0.29, 0.717) is 13.1 Å². The molecule has 1 aliphatic rings. The zero-order valence-corrected chi connectivity index (χ0v) is 20.7. The van der Waals surface area contributed by atoms with E-state index in [1.165, 1.54) is 28.6 Å². The fourth-order valence-corrected chi connectivity index (χ4v) is 5.45. The third kappa shape index (κ3) is 7.01. The topological polar surface area (TPSA) is 125 Å². The minimum absolute atomic E-state index is 0.00461. The number of hydrazine groups is 1. The molecule has 1 aromatic carbocycles. The van der Waals surface area contributed by atoms with E-state index < -0.39 is 27.9 Å². The van der Waals surface area contributed by atoms with Gasteiger partial charge in [-0.2, -0.15) is 4.31 Å². The second-order valence-electron chi connectivity index (χ2n) is 8.63. The minimum atomic E-state index is -3.72. The van der Waals surface area contributed by atoms with Crippen molar-refractivity contribution in [1.29, 1.82) is 0 Å². The summed E-state index contributed by atoms with van der Waals surface area (Å²) in [6.45, 7) is 7.74. The van der Waals surface area contributed by atoms with Crippen LogP contribution in [0.1, 0.15) is 70.2 Å². The fourth-order valence-electron chi connectivity index (χ4n) is 3.95. The average Bonchev–Trinajstić information content (AvgIpc) is 2.81. The Morgan fingerprint density at radius 2 is 1.67 bits per heavy atom. The summed E-state index contributed by atoms with van der Waals surface area (Å²) in [5.41, 5.74) is 4.78. The predicted molar refractivity (Wildman–Crippen MR) is 126 cm³/mol. The van der Waals surface area contributed by atoms with Gasteiger partial charge in [0.25, 0.3) is 11.8 Å². The van der Waals surface area contributed by atoms with Crippen molar-refractivity contribution in [3.63, 3.8) is 0 Å². The lowest BCUT2D eigenvalue weighted by Gasteiger charge is -2.26. The standard InChI is InChI=1S/C23H36N4O5S/c1-5-27(6-2)33(31,32)19-14-10-13-18(15-19)22(29)25-26-23(30)20(16(3)4)24-21(28)17-11-8-7-9-12-17/h10,13-17,20H,5-9,11-12H2,1-4H3,(H,24,28)(H,25,29)(H,26,30). The molecule has 10 heteroatoms. The van der Waals surface area contributed by atoms with Crippen molar-refractivity contribution < 1.29 is 22.8 Å². The van der Waals surface area contributed by atoms with Crippen LogP contribution < -0.4 is 16.2 Å². The molecule has 0 aliphatic heterocycles. The molecular weight excluding hydrogens is 444 g/mol. The molecule has 1 aromatic rings. The zero-order chi connectivity index (χ0) is 24.6. The molecular formula is C23H36N4O5S. The molecule has 1 aliphatic carbocycles. The molecule has 0 spiro atoms. The first-order chi connectivity index (χ1) is 15.6. The largest absolute Gasteiger partial charge is 0.344 e. The van der Waals surface area contributed by atoms with Crippen molar-refractivity contribution in [3.05, 3.63) is 29.8 Å². The van der Waals surface area contributed by atoms with Crippen LogP contribution in [-0.4, -0.2) is 49.6 Å². The summed E-state index contributed by atoms with van der Waals surface area (Å²) < 4.78 is 26.7. The van der Waals surface area contributed by atoms with Crippen molar-refractivity contribution >= 4 is 27.7 Å². The van der Waals surface area contributed by atoms with Gasteiger partial charge in [-0.25, -0.2) is 8.42 Å². The van der Waals surface area contributed by atoms with Gasteiger partial charge in [-0.3, -0.25) is 25.2 Å². The van der Waals surface area contributed by atoms with Gasteiger partial charge in [0.05, 0.1) is 4.90 Å². The fraction of sp³-hybridized carbons (Fsp3) is 0.609. The molecule has 0 bridgehead atoms. The van der Waals surface area contributed by atoms with Crippen LogP contribution in [0.3, 0.4) is 0 Å². The molecule has 1 unspecified atom stereocenters. The summed E-state index contributed by atoms with van der Waals surface area (Å²) in [7, 11) is -3.72. The van der Waals surface area contributed by atoms with Gasteiger partial charge in [0.15, 0.2) is 0 Å². The molecule has 1 saturated carbocycles. The highest BCUT2D eigenvalue weighted by Crippen LogP contribution is 2.24. The molecule has 184 valence electrons. The van der Waals surface area contributed by atoms with Gasteiger partial charge < -0.3 is 5.32 Å². The van der Waals surface area contributed by atoms with Crippen LogP contribution in [0, 0.1) is 11.8 Å². The highest BCUT2D eigenvalue weighted by molar-refractivity contribution is 7.89. The van der Waals surface area contributed by atoms with Gasteiger partial charge >= 0.3 is 0 Å². The average molecular weight is 481 g/mol. The monoisotopic (exact) mass is 480 g/mol. The summed E-state index contributed by atoms with van der Waals surface area (Å²) in [6.07, 6.45) is 4.79. The second-order valence-corrected chi connectivity index (χ2v) is 10.6. The Balaban J connectivity index is 2.03. The third-order valence-electron chi connectivity index (χ3n) is 5.96. The number of hydrogen-bond donors (Lipinski definition) is 3. The van der Waals surface area contributed by atoms with E-state index in [0.717, 1.165) is 32.1 Å². The Hall–Kier alpha value is -2.46. The number of benzene rings is 1. The minimum Gasteiger partial charge on any atom is -0.344 e. The molecule has 0 aromatic heterocycles. The maximum absolute atomic E-state index is 12.7. The van der Waals surface area contributed by atoms with Gasteiger partial charge in [-0.15, -0.1) is 0 Å².